The van der Waals surface area contributed by atoms with Crippen LogP contribution in [0.25, 0.3) is 0 Å². The van der Waals surface area contributed by atoms with Gasteiger partial charge in [-0.25, -0.2) is 9.37 Å². The minimum absolute atomic E-state index is 0.297. The number of aryl methyl sites for hydroxylation is 1. The van der Waals surface area contributed by atoms with Crippen molar-refractivity contribution in [2.24, 2.45) is 0 Å². The highest BCUT2D eigenvalue weighted by atomic mass is 19.1. The minimum atomic E-state index is -0.402. The second-order valence-electron chi connectivity index (χ2n) is 1.67. The third-order valence-corrected chi connectivity index (χ3v) is 1.07. The largest absolute Gasteiger partial charge is 0.369 e. The molecule has 0 aliphatic carbocycles. The highest BCUT2D eigenvalue weighted by molar-refractivity contribution is 5.16. The summed E-state index contributed by atoms with van der Waals surface area (Å²) in [4.78, 5) is 3.71. The van der Waals surface area contributed by atoms with Crippen molar-refractivity contribution in [3.63, 3.8) is 0 Å². The fourth-order valence-corrected chi connectivity index (χ4v) is 0.621. The smallest absolute Gasteiger partial charge is 0.200 e. The van der Waals surface area contributed by atoms with Gasteiger partial charge < -0.3 is 10.3 Å². The number of nitrogen functional groups attached to an aromatic ring is 1. The summed E-state index contributed by atoms with van der Waals surface area (Å²) in [6.07, 6.45) is 3.19. The quantitative estimate of drug-likeness (QED) is 0.629. The Kier molecular flexibility index (Phi) is 1.67. The van der Waals surface area contributed by atoms with Gasteiger partial charge in [0.05, 0.1) is 6.54 Å². The van der Waals surface area contributed by atoms with Crippen LogP contribution in [0.4, 0.5) is 10.3 Å². The second-order valence-corrected chi connectivity index (χ2v) is 1.67. The van der Waals surface area contributed by atoms with E-state index in [1.54, 1.807) is 17.0 Å². The van der Waals surface area contributed by atoms with Gasteiger partial charge in [-0.1, -0.05) is 0 Å². The molecule has 0 saturated heterocycles. The molecule has 1 rings (SSSR count). The molecule has 1 aromatic rings. The molecule has 0 fully saturated rings. The first-order valence-electron chi connectivity index (χ1n) is 2.67. The van der Waals surface area contributed by atoms with Gasteiger partial charge in [0.2, 0.25) is 0 Å². The molecule has 2 N–H and O–H groups in total. The molecule has 0 aromatic carbocycles. The Bertz CT molecular complexity index is 184. The third-order valence-electron chi connectivity index (χ3n) is 1.07. The van der Waals surface area contributed by atoms with Crippen LogP contribution < -0.4 is 5.73 Å². The lowest BCUT2D eigenvalue weighted by atomic mass is 10.7. The molecule has 0 spiro atoms. The van der Waals surface area contributed by atoms with E-state index in [2.05, 4.69) is 4.98 Å². The van der Waals surface area contributed by atoms with Crippen LogP contribution in [0.15, 0.2) is 12.4 Å². The molecule has 0 bridgehead atoms. The van der Waals surface area contributed by atoms with Crippen LogP contribution in [0.2, 0.25) is 0 Å². The topological polar surface area (TPSA) is 43.8 Å². The zero-order chi connectivity index (χ0) is 6.69. The summed E-state index contributed by atoms with van der Waals surface area (Å²) >= 11 is 0. The molecule has 1 heterocycles. The summed E-state index contributed by atoms with van der Waals surface area (Å²) in [5.74, 6) is 0.368. The summed E-state index contributed by atoms with van der Waals surface area (Å²) in [7, 11) is 0. The fraction of sp³-hybridized carbons (Fsp3) is 0.400. The Hall–Kier alpha value is -1.06. The van der Waals surface area contributed by atoms with E-state index >= 15 is 0 Å². The van der Waals surface area contributed by atoms with Gasteiger partial charge in [-0.05, 0) is 0 Å². The normalized spacial score (nSPS) is 9.89. The summed E-state index contributed by atoms with van der Waals surface area (Å²) < 4.78 is 13.2. The van der Waals surface area contributed by atoms with E-state index in [1.165, 1.54) is 0 Å². The molecule has 0 unspecified atom stereocenters. The highest BCUT2D eigenvalue weighted by Gasteiger charge is 1.93. The maximum absolute atomic E-state index is 11.6. The lowest BCUT2D eigenvalue weighted by Gasteiger charge is -1.97. The molecule has 9 heavy (non-hydrogen) atoms. The number of rotatable bonds is 2. The molecule has 4 heteroatoms. The van der Waals surface area contributed by atoms with Gasteiger partial charge in [-0.15, -0.1) is 0 Å². The lowest BCUT2D eigenvalue weighted by molar-refractivity contribution is 0.448. The summed E-state index contributed by atoms with van der Waals surface area (Å²) in [5.41, 5.74) is 5.31. The van der Waals surface area contributed by atoms with E-state index < -0.39 is 6.67 Å². The van der Waals surface area contributed by atoms with Crippen LogP contribution in [0.3, 0.4) is 0 Å². The Morgan fingerprint density at radius 3 is 3.00 bits per heavy atom. The predicted molar refractivity (Wildman–Crippen MR) is 32.6 cm³/mol. The van der Waals surface area contributed by atoms with E-state index in [0.29, 0.717) is 12.5 Å². The number of nitrogens with two attached hydrogens (primary N) is 1. The fourth-order valence-electron chi connectivity index (χ4n) is 0.621. The van der Waals surface area contributed by atoms with Crippen molar-refractivity contribution >= 4 is 5.95 Å². The zero-order valence-electron chi connectivity index (χ0n) is 4.92. The molecule has 3 nitrogen and oxygen atoms in total. The molecular formula is C5H8FN3. The second kappa shape index (κ2) is 2.48. The molecule has 50 valence electrons. The maximum atomic E-state index is 11.6. The molecular weight excluding hydrogens is 121 g/mol. The standard InChI is InChI=1S/C5H8FN3/c6-1-3-9-4-2-8-5(9)7/h2,4H,1,3H2,(H2,7,8). The Labute approximate surface area is 52.3 Å². The number of hydrogen-bond acceptors (Lipinski definition) is 2. The van der Waals surface area contributed by atoms with Crippen LogP contribution in [0.5, 0.6) is 0 Å². The van der Waals surface area contributed by atoms with E-state index in [4.69, 9.17) is 5.73 Å². The van der Waals surface area contributed by atoms with Gasteiger partial charge in [0.25, 0.3) is 0 Å². The van der Waals surface area contributed by atoms with Gasteiger partial charge in [-0.2, -0.15) is 0 Å². The highest BCUT2D eigenvalue weighted by Crippen LogP contribution is 1.96. The number of anilines is 1. The first kappa shape index (κ1) is 6.07. The number of imidazole rings is 1. The molecule has 0 aliphatic rings. The van der Waals surface area contributed by atoms with E-state index in [9.17, 15) is 4.39 Å². The van der Waals surface area contributed by atoms with Crippen molar-refractivity contribution < 1.29 is 4.39 Å². The van der Waals surface area contributed by atoms with Gasteiger partial charge in [-0.3, -0.25) is 0 Å². The Morgan fingerprint density at radius 1 is 1.78 bits per heavy atom. The van der Waals surface area contributed by atoms with Crippen molar-refractivity contribution in [3.8, 4) is 0 Å². The molecule has 0 saturated carbocycles. The van der Waals surface area contributed by atoms with Gasteiger partial charge >= 0.3 is 0 Å². The molecule has 1 aromatic heterocycles. The molecule has 0 aliphatic heterocycles. The Morgan fingerprint density at radius 2 is 2.56 bits per heavy atom. The van der Waals surface area contributed by atoms with Gasteiger partial charge in [0.1, 0.15) is 6.67 Å². The van der Waals surface area contributed by atoms with E-state index in [-0.39, 0.29) is 0 Å². The van der Waals surface area contributed by atoms with Crippen LogP contribution in [0, 0.1) is 0 Å². The van der Waals surface area contributed by atoms with Crippen molar-refractivity contribution in [2.75, 3.05) is 12.4 Å². The predicted octanol–water partition coefficient (Wildman–Crippen LogP) is 0.435. The SMILES string of the molecule is Nc1nccn1CCF. The number of alkyl halides is 1. The van der Waals surface area contributed by atoms with E-state index in [0.717, 1.165) is 0 Å². The summed E-state index contributed by atoms with van der Waals surface area (Å²) in [5, 5.41) is 0. The maximum Gasteiger partial charge on any atom is 0.200 e. The average molecular weight is 129 g/mol. The minimum Gasteiger partial charge on any atom is -0.369 e. The van der Waals surface area contributed by atoms with Crippen molar-refractivity contribution in [1.82, 2.24) is 9.55 Å². The number of nitrogens with zero attached hydrogens (tertiary/aromatic N) is 2. The van der Waals surface area contributed by atoms with Crippen LogP contribution in [-0.2, 0) is 6.54 Å². The first-order valence-corrected chi connectivity index (χ1v) is 2.67. The van der Waals surface area contributed by atoms with Crippen LogP contribution in [0.1, 0.15) is 0 Å². The summed E-state index contributed by atoms with van der Waals surface area (Å²) in [6.45, 7) is -0.105. The number of halogens is 1. The summed E-state index contributed by atoms with van der Waals surface area (Å²) in [6, 6.07) is 0. The van der Waals surface area contributed by atoms with Crippen molar-refractivity contribution in [1.29, 1.82) is 0 Å². The van der Waals surface area contributed by atoms with Crippen LogP contribution >= 0.6 is 0 Å². The average Bonchev–Trinajstić information content (AvgIpc) is 2.18. The van der Waals surface area contributed by atoms with Gasteiger partial charge in [0.15, 0.2) is 5.95 Å². The monoisotopic (exact) mass is 129 g/mol. The number of aromatic nitrogens is 2. The molecule has 0 atom stereocenters. The first-order chi connectivity index (χ1) is 4.34. The lowest BCUT2D eigenvalue weighted by Crippen LogP contribution is -2.03. The zero-order valence-corrected chi connectivity index (χ0v) is 4.92. The molecule has 0 amide bonds. The molecule has 0 radical (unpaired) electrons. The van der Waals surface area contributed by atoms with Crippen molar-refractivity contribution in [2.45, 2.75) is 6.54 Å². The van der Waals surface area contributed by atoms with E-state index in [1.807, 2.05) is 0 Å². The van der Waals surface area contributed by atoms with Crippen molar-refractivity contribution in [3.05, 3.63) is 12.4 Å². The Balaban J connectivity index is 2.69. The van der Waals surface area contributed by atoms with Crippen LogP contribution in [-0.4, -0.2) is 16.2 Å². The van der Waals surface area contributed by atoms with Gasteiger partial charge in [0, 0.05) is 12.4 Å². The third kappa shape index (κ3) is 1.19. The number of hydrogen-bond donors (Lipinski definition) is 1.